The molecule has 1 amide bonds. The van der Waals surface area contributed by atoms with Crippen LogP contribution in [0.25, 0.3) is 6.08 Å². The number of Topliss-reactive ketones (excluding diaryl/α,β-unsaturated/α-hetero) is 2. The van der Waals surface area contributed by atoms with Gasteiger partial charge in [0.05, 0.1) is 37.1 Å². The van der Waals surface area contributed by atoms with E-state index in [-0.39, 0.29) is 61.5 Å². The highest BCUT2D eigenvalue weighted by Gasteiger charge is 2.56. The summed E-state index contributed by atoms with van der Waals surface area (Å²) in [4.78, 5) is 58.3. The quantitative estimate of drug-likeness (QED) is 0.136. The van der Waals surface area contributed by atoms with Crippen molar-refractivity contribution in [2.45, 2.75) is 167 Å². The third kappa shape index (κ3) is 13.3. The first kappa shape index (κ1) is 53.3. The summed E-state index contributed by atoms with van der Waals surface area (Å²) in [5.41, 5.74) is 2.53. The number of piperidine rings is 1. The summed E-state index contributed by atoms with van der Waals surface area (Å²) in [6, 6.07) is 5.07. The van der Waals surface area contributed by atoms with Crippen LogP contribution in [0.2, 0.25) is 0 Å². The van der Waals surface area contributed by atoms with Gasteiger partial charge in [-0.3, -0.25) is 14.4 Å². The lowest BCUT2D eigenvalue weighted by atomic mass is 9.81. The Balaban J connectivity index is 1.44. The minimum absolute atomic E-state index is 0.00203. The van der Waals surface area contributed by atoms with Crippen molar-refractivity contribution in [2.24, 2.45) is 29.6 Å². The van der Waals surface area contributed by atoms with Crippen LogP contribution < -0.4 is 0 Å². The van der Waals surface area contributed by atoms with Gasteiger partial charge >= 0.3 is 5.97 Å². The van der Waals surface area contributed by atoms with Crippen LogP contribution in [0, 0.1) is 35.4 Å². The SMILES string of the molecule is CCC1/C=C(\C)CC(C)CC(OC)C2OC(O)(C(=O)C(=O)N3CCCCC3C(=O)OC(C(C)=CC3CCC(OCC=Cc4ccc(F)cc4)C(OC)C3)C(C)C(O)CC1=O)C(C)CC2OC. The molecule has 66 heavy (non-hydrogen) atoms. The van der Waals surface area contributed by atoms with Crippen LogP contribution in [0.1, 0.15) is 118 Å². The maximum Gasteiger partial charge on any atom is 0.329 e. The molecule has 13 nitrogen and oxygen atoms in total. The molecule has 2 saturated heterocycles. The number of amides is 1. The highest BCUT2D eigenvalue weighted by atomic mass is 19.1. The van der Waals surface area contributed by atoms with Crippen LogP contribution in [-0.4, -0.2) is 128 Å². The smallest absolute Gasteiger partial charge is 0.329 e. The molecule has 1 aliphatic carbocycles. The van der Waals surface area contributed by atoms with E-state index in [0.717, 1.165) is 17.6 Å². The van der Waals surface area contributed by atoms with Crippen molar-refractivity contribution in [2.75, 3.05) is 34.5 Å². The number of ether oxygens (including phenoxy) is 6. The minimum atomic E-state index is -2.52. The minimum Gasteiger partial charge on any atom is -0.456 e. The van der Waals surface area contributed by atoms with E-state index in [9.17, 15) is 33.8 Å². The van der Waals surface area contributed by atoms with E-state index in [0.29, 0.717) is 57.1 Å². The van der Waals surface area contributed by atoms with Gasteiger partial charge in [-0.1, -0.05) is 69.7 Å². The number of allylic oxidation sites excluding steroid dienone is 3. The number of cyclic esters (lactones) is 1. The second kappa shape index (κ2) is 24.6. The van der Waals surface area contributed by atoms with Gasteiger partial charge in [0, 0.05) is 52.0 Å². The van der Waals surface area contributed by atoms with Crippen molar-refractivity contribution in [3.8, 4) is 0 Å². The fourth-order valence-corrected chi connectivity index (χ4v) is 10.5. The molecule has 1 saturated carbocycles. The van der Waals surface area contributed by atoms with Crippen LogP contribution in [0.3, 0.4) is 0 Å². The Bertz CT molecular complexity index is 1880. The lowest BCUT2D eigenvalue weighted by molar-refractivity contribution is -0.302. The number of nitrogens with zero attached hydrogens (tertiary/aromatic N) is 1. The van der Waals surface area contributed by atoms with Crippen molar-refractivity contribution in [3.05, 3.63) is 65.0 Å². The topological polar surface area (TPSA) is 167 Å². The average Bonchev–Trinajstić information content (AvgIpc) is 3.30. The Morgan fingerprint density at radius 2 is 1.59 bits per heavy atom. The van der Waals surface area contributed by atoms with Gasteiger partial charge in [-0.2, -0.15) is 0 Å². The molecule has 3 heterocycles. The molecule has 0 radical (unpaired) electrons. The summed E-state index contributed by atoms with van der Waals surface area (Å²) in [5, 5.41) is 23.9. The van der Waals surface area contributed by atoms with E-state index >= 15 is 0 Å². The summed E-state index contributed by atoms with van der Waals surface area (Å²) in [6.07, 6.45) is 8.19. The van der Waals surface area contributed by atoms with Crippen molar-refractivity contribution in [1.29, 1.82) is 0 Å². The molecule has 0 aromatic heterocycles. The van der Waals surface area contributed by atoms with Gasteiger partial charge in [0.2, 0.25) is 5.79 Å². The molecule has 368 valence electrons. The van der Waals surface area contributed by atoms with Crippen LogP contribution in [0.4, 0.5) is 4.39 Å². The van der Waals surface area contributed by atoms with Gasteiger partial charge in [0.25, 0.3) is 11.7 Å². The maximum atomic E-state index is 14.5. The van der Waals surface area contributed by atoms with Crippen molar-refractivity contribution in [3.63, 3.8) is 0 Å². The van der Waals surface area contributed by atoms with Gasteiger partial charge in [-0.25, -0.2) is 9.18 Å². The van der Waals surface area contributed by atoms with Crippen LogP contribution in [0.5, 0.6) is 0 Å². The zero-order valence-electron chi connectivity index (χ0n) is 40.6. The number of aliphatic hydroxyl groups excluding tert-OH is 1. The molecule has 14 unspecified atom stereocenters. The summed E-state index contributed by atoms with van der Waals surface area (Å²) in [6.45, 7) is 11.6. The molecule has 2 N–H and O–H groups in total. The van der Waals surface area contributed by atoms with Gasteiger partial charge < -0.3 is 43.5 Å². The van der Waals surface area contributed by atoms with Crippen molar-refractivity contribution >= 4 is 29.5 Å². The average molecular weight is 926 g/mol. The second-order valence-corrected chi connectivity index (χ2v) is 19.4. The van der Waals surface area contributed by atoms with Crippen LogP contribution in [-0.2, 0) is 47.6 Å². The predicted octanol–water partition coefficient (Wildman–Crippen LogP) is 7.35. The summed E-state index contributed by atoms with van der Waals surface area (Å²) >= 11 is 0. The summed E-state index contributed by atoms with van der Waals surface area (Å²) in [7, 11) is 4.71. The number of rotatable bonds is 10. The Morgan fingerprint density at radius 1 is 0.909 bits per heavy atom. The largest absolute Gasteiger partial charge is 0.456 e. The molecule has 14 heteroatoms. The van der Waals surface area contributed by atoms with E-state index in [1.54, 1.807) is 33.1 Å². The highest BCUT2D eigenvalue weighted by Crippen LogP contribution is 2.39. The molecule has 5 rings (SSSR count). The molecular weight excluding hydrogens is 850 g/mol. The van der Waals surface area contributed by atoms with Gasteiger partial charge in [0.15, 0.2) is 0 Å². The molecule has 3 aliphatic heterocycles. The van der Waals surface area contributed by atoms with E-state index in [1.807, 2.05) is 45.1 Å². The Labute approximate surface area is 391 Å². The van der Waals surface area contributed by atoms with Crippen LogP contribution >= 0.6 is 0 Å². The van der Waals surface area contributed by atoms with Crippen molar-refractivity contribution < 1.29 is 62.2 Å². The molecule has 0 spiro atoms. The van der Waals surface area contributed by atoms with Crippen LogP contribution in [0.15, 0.2) is 53.6 Å². The number of ketones is 2. The fourth-order valence-electron chi connectivity index (χ4n) is 10.5. The molecule has 2 bridgehead atoms. The monoisotopic (exact) mass is 926 g/mol. The molecule has 3 fully saturated rings. The van der Waals surface area contributed by atoms with E-state index in [1.165, 1.54) is 31.3 Å². The second-order valence-electron chi connectivity index (χ2n) is 19.4. The molecule has 14 atom stereocenters. The van der Waals surface area contributed by atoms with Gasteiger partial charge in [-0.05, 0) is 113 Å². The summed E-state index contributed by atoms with van der Waals surface area (Å²) < 4.78 is 49.9. The first-order valence-corrected chi connectivity index (χ1v) is 24.1. The van der Waals surface area contributed by atoms with E-state index < -0.39 is 77.8 Å². The number of hydrogen-bond acceptors (Lipinski definition) is 12. The summed E-state index contributed by atoms with van der Waals surface area (Å²) in [5.74, 6) is -7.89. The number of halogens is 1. The highest BCUT2D eigenvalue weighted by molar-refractivity contribution is 6.39. The number of benzene rings is 1. The molecular formula is C52H76FNO12. The first-order valence-electron chi connectivity index (χ1n) is 24.1. The number of carbonyl (C=O) groups is 4. The number of methoxy groups -OCH3 is 3. The molecule has 4 aliphatic rings. The number of fused-ring (bicyclic) bond motifs is 3. The third-order valence-corrected chi connectivity index (χ3v) is 14.5. The van der Waals surface area contributed by atoms with E-state index in [2.05, 4.69) is 6.92 Å². The Morgan fingerprint density at radius 3 is 2.26 bits per heavy atom. The lowest BCUT2D eigenvalue weighted by Gasteiger charge is -2.47. The normalized spacial score (nSPS) is 37.2. The van der Waals surface area contributed by atoms with Crippen molar-refractivity contribution in [1.82, 2.24) is 4.90 Å². The number of esters is 1. The number of aliphatic hydroxyl groups is 2. The number of hydrogen-bond donors (Lipinski definition) is 2. The zero-order chi connectivity index (χ0) is 48.3. The molecule has 1 aromatic rings. The standard InChI is InChI=1S/C52H76FNO12/c1-10-38-25-31(2)24-32(3)26-45(62-8)48-46(63-9)28-34(5)52(60,66-48)49(57)50(58)54-22-12-11-15-40(54)51(59)65-47(35(6)41(55)30-42(38)56)33(4)27-37-18-21-43(44(29-37)61-7)64-23-13-14-36-16-19-39(53)20-17-36/h13-14,16-17,19-20,25,27,32,34-35,37-38,40-41,43-48,55,60H,10-12,15,18,21-24,26,28-30H2,1-9H3/b14-13?,31-25+,33-27?. The number of carbonyl (C=O) groups excluding carboxylic acids is 4. The third-order valence-electron chi connectivity index (χ3n) is 14.5. The van der Waals surface area contributed by atoms with E-state index in [4.69, 9.17) is 28.4 Å². The predicted molar refractivity (Wildman–Crippen MR) is 247 cm³/mol. The maximum absolute atomic E-state index is 14.5. The molecule has 1 aromatic carbocycles. The van der Waals surface area contributed by atoms with Gasteiger partial charge in [0.1, 0.15) is 29.9 Å². The Kier molecular flexibility index (Phi) is 19.9. The zero-order valence-corrected chi connectivity index (χ0v) is 40.6. The van der Waals surface area contributed by atoms with Gasteiger partial charge in [-0.15, -0.1) is 0 Å². The first-order chi connectivity index (χ1) is 31.4. The lowest BCUT2D eigenvalue weighted by Crippen LogP contribution is -2.64. The fraction of sp³-hybridized carbons (Fsp3) is 0.692. The Hall–Kier alpha value is -3.63.